The standard InChI is InChI=1S/C12H17NO/c1-10(8-9-13-2)11-6-4-5-7-12(11)14-3/h4-8,13H,9H2,1-3H3/b10-8+. The summed E-state index contributed by atoms with van der Waals surface area (Å²) in [5.74, 6) is 0.928. The summed E-state index contributed by atoms with van der Waals surface area (Å²) in [7, 11) is 3.64. The molecule has 0 heterocycles. The molecule has 0 aliphatic heterocycles. The maximum absolute atomic E-state index is 5.29. The highest BCUT2D eigenvalue weighted by atomic mass is 16.5. The molecule has 1 rings (SSSR count). The number of benzene rings is 1. The minimum Gasteiger partial charge on any atom is -0.496 e. The average Bonchev–Trinajstić information content (AvgIpc) is 2.25. The fourth-order valence-corrected chi connectivity index (χ4v) is 1.34. The van der Waals surface area contributed by atoms with Crippen LogP contribution >= 0.6 is 0 Å². The third kappa shape index (κ3) is 2.60. The van der Waals surface area contributed by atoms with Crippen LogP contribution in [0.4, 0.5) is 0 Å². The molecule has 0 radical (unpaired) electrons. The highest BCUT2D eigenvalue weighted by molar-refractivity contribution is 5.69. The molecule has 0 aliphatic carbocycles. The topological polar surface area (TPSA) is 21.3 Å². The number of para-hydroxylation sites is 1. The molecule has 2 heteroatoms. The molecule has 0 amide bonds. The molecule has 2 nitrogen and oxygen atoms in total. The Hall–Kier alpha value is -1.28. The minimum atomic E-state index is 0.879. The maximum Gasteiger partial charge on any atom is 0.126 e. The van der Waals surface area contributed by atoms with Gasteiger partial charge in [0.1, 0.15) is 5.75 Å². The van der Waals surface area contributed by atoms with Gasteiger partial charge < -0.3 is 10.1 Å². The van der Waals surface area contributed by atoms with Gasteiger partial charge in [-0.25, -0.2) is 0 Å². The first kappa shape index (κ1) is 10.8. The molecule has 0 saturated heterocycles. The first-order chi connectivity index (χ1) is 6.79. The van der Waals surface area contributed by atoms with Crippen molar-refractivity contribution in [2.45, 2.75) is 6.92 Å². The van der Waals surface area contributed by atoms with Gasteiger partial charge in [-0.3, -0.25) is 0 Å². The van der Waals surface area contributed by atoms with Gasteiger partial charge in [-0.15, -0.1) is 0 Å². The van der Waals surface area contributed by atoms with Crippen molar-refractivity contribution in [2.75, 3.05) is 20.7 Å². The fourth-order valence-electron chi connectivity index (χ4n) is 1.34. The summed E-state index contributed by atoms with van der Waals surface area (Å²) in [6, 6.07) is 8.05. The molecule has 0 unspecified atom stereocenters. The zero-order chi connectivity index (χ0) is 10.4. The van der Waals surface area contributed by atoms with Gasteiger partial charge in [-0.2, -0.15) is 0 Å². The van der Waals surface area contributed by atoms with E-state index in [1.54, 1.807) is 7.11 Å². The maximum atomic E-state index is 5.29. The Morgan fingerprint density at radius 2 is 2.14 bits per heavy atom. The van der Waals surface area contributed by atoms with Crippen molar-refractivity contribution in [1.82, 2.24) is 5.32 Å². The number of likely N-dealkylation sites (N-methyl/N-ethyl adjacent to an activating group) is 1. The van der Waals surface area contributed by atoms with E-state index >= 15 is 0 Å². The third-order valence-electron chi connectivity index (χ3n) is 2.14. The molecule has 0 atom stereocenters. The Kier molecular flexibility index (Phi) is 4.20. The smallest absolute Gasteiger partial charge is 0.126 e. The van der Waals surface area contributed by atoms with Crippen LogP contribution in [-0.2, 0) is 0 Å². The van der Waals surface area contributed by atoms with E-state index in [1.165, 1.54) is 5.57 Å². The molecule has 0 saturated carbocycles. The normalized spacial score (nSPS) is 11.5. The van der Waals surface area contributed by atoms with Crippen molar-refractivity contribution in [3.63, 3.8) is 0 Å². The van der Waals surface area contributed by atoms with E-state index in [-0.39, 0.29) is 0 Å². The predicted molar refractivity (Wildman–Crippen MR) is 60.6 cm³/mol. The van der Waals surface area contributed by atoms with E-state index in [9.17, 15) is 0 Å². The predicted octanol–water partition coefficient (Wildman–Crippen LogP) is 2.32. The van der Waals surface area contributed by atoms with Crippen LogP contribution in [0.15, 0.2) is 30.3 Å². The van der Waals surface area contributed by atoms with Gasteiger partial charge >= 0.3 is 0 Å². The highest BCUT2D eigenvalue weighted by Gasteiger charge is 2.01. The summed E-state index contributed by atoms with van der Waals surface area (Å²) >= 11 is 0. The van der Waals surface area contributed by atoms with E-state index in [1.807, 2.05) is 25.2 Å². The molecule has 1 aromatic carbocycles. The minimum absolute atomic E-state index is 0.879. The second-order valence-corrected chi connectivity index (χ2v) is 3.15. The molecule has 0 bridgehead atoms. The van der Waals surface area contributed by atoms with Crippen LogP contribution in [0.5, 0.6) is 5.75 Å². The molecule has 0 fully saturated rings. The van der Waals surface area contributed by atoms with Crippen molar-refractivity contribution >= 4 is 5.57 Å². The van der Waals surface area contributed by atoms with Crippen LogP contribution in [0.1, 0.15) is 12.5 Å². The summed E-state index contributed by atoms with van der Waals surface area (Å²) in [6.07, 6.45) is 2.15. The largest absolute Gasteiger partial charge is 0.496 e. The molecule has 14 heavy (non-hydrogen) atoms. The number of hydrogen-bond acceptors (Lipinski definition) is 2. The van der Waals surface area contributed by atoms with Crippen molar-refractivity contribution in [3.8, 4) is 5.75 Å². The van der Waals surface area contributed by atoms with Crippen LogP contribution in [0, 0.1) is 0 Å². The Balaban J connectivity index is 2.93. The van der Waals surface area contributed by atoms with Gasteiger partial charge in [-0.1, -0.05) is 24.3 Å². The average molecular weight is 191 g/mol. The molecular weight excluding hydrogens is 174 g/mol. The van der Waals surface area contributed by atoms with Gasteiger partial charge in [0.05, 0.1) is 7.11 Å². The summed E-state index contributed by atoms with van der Waals surface area (Å²) in [4.78, 5) is 0. The molecule has 1 N–H and O–H groups in total. The summed E-state index contributed by atoms with van der Waals surface area (Å²) in [5, 5.41) is 3.09. The van der Waals surface area contributed by atoms with Crippen LogP contribution in [-0.4, -0.2) is 20.7 Å². The number of ether oxygens (including phenoxy) is 1. The van der Waals surface area contributed by atoms with Crippen molar-refractivity contribution in [1.29, 1.82) is 0 Å². The van der Waals surface area contributed by atoms with E-state index in [2.05, 4.69) is 24.4 Å². The van der Waals surface area contributed by atoms with Gasteiger partial charge in [0.15, 0.2) is 0 Å². The van der Waals surface area contributed by atoms with Crippen LogP contribution in [0.3, 0.4) is 0 Å². The molecular formula is C12H17NO. The zero-order valence-electron chi connectivity index (χ0n) is 9.00. The Labute approximate surface area is 85.6 Å². The Morgan fingerprint density at radius 3 is 2.79 bits per heavy atom. The van der Waals surface area contributed by atoms with Crippen LogP contribution in [0.2, 0.25) is 0 Å². The number of methoxy groups -OCH3 is 1. The fraction of sp³-hybridized carbons (Fsp3) is 0.333. The van der Waals surface area contributed by atoms with Crippen molar-refractivity contribution in [3.05, 3.63) is 35.9 Å². The third-order valence-corrected chi connectivity index (χ3v) is 2.14. The SMILES string of the molecule is CNC/C=C(\C)c1ccccc1OC. The quantitative estimate of drug-likeness (QED) is 0.788. The summed E-state index contributed by atoms with van der Waals surface area (Å²) in [6.45, 7) is 2.97. The van der Waals surface area contributed by atoms with E-state index in [0.29, 0.717) is 0 Å². The lowest BCUT2D eigenvalue weighted by Crippen LogP contribution is -2.04. The summed E-state index contributed by atoms with van der Waals surface area (Å²) < 4.78 is 5.29. The van der Waals surface area contributed by atoms with Gasteiger partial charge in [-0.05, 0) is 25.6 Å². The highest BCUT2D eigenvalue weighted by Crippen LogP contribution is 2.24. The Morgan fingerprint density at radius 1 is 1.43 bits per heavy atom. The monoisotopic (exact) mass is 191 g/mol. The summed E-state index contributed by atoms with van der Waals surface area (Å²) in [5.41, 5.74) is 2.39. The lowest BCUT2D eigenvalue weighted by Gasteiger charge is -2.08. The lowest BCUT2D eigenvalue weighted by atomic mass is 10.1. The molecule has 0 aliphatic rings. The first-order valence-electron chi connectivity index (χ1n) is 4.74. The lowest BCUT2D eigenvalue weighted by molar-refractivity contribution is 0.413. The number of allylic oxidation sites excluding steroid dienone is 1. The number of rotatable bonds is 4. The van der Waals surface area contributed by atoms with Crippen molar-refractivity contribution < 1.29 is 4.74 Å². The molecule has 76 valence electrons. The Bertz CT molecular complexity index is 318. The van der Waals surface area contributed by atoms with Gasteiger partial charge in [0.25, 0.3) is 0 Å². The second-order valence-electron chi connectivity index (χ2n) is 3.15. The second kappa shape index (κ2) is 5.45. The first-order valence-corrected chi connectivity index (χ1v) is 4.74. The van der Waals surface area contributed by atoms with Crippen LogP contribution < -0.4 is 10.1 Å². The number of nitrogens with one attached hydrogen (secondary N) is 1. The van der Waals surface area contributed by atoms with Crippen LogP contribution in [0.25, 0.3) is 5.57 Å². The molecule has 0 aromatic heterocycles. The van der Waals surface area contributed by atoms with E-state index < -0.39 is 0 Å². The van der Waals surface area contributed by atoms with E-state index in [0.717, 1.165) is 17.9 Å². The molecule has 0 spiro atoms. The zero-order valence-corrected chi connectivity index (χ0v) is 9.00. The van der Waals surface area contributed by atoms with Gasteiger partial charge in [0.2, 0.25) is 0 Å². The molecule has 1 aromatic rings. The number of hydrogen-bond donors (Lipinski definition) is 1. The van der Waals surface area contributed by atoms with Gasteiger partial charge in [0, 0.05) is 12.1 Å². The van der Waals surface area contributed by atoms with Crippen molar-refractivity contribution in [2.24, 2.45) is 0 Å². The van der Waals surface area contributed by atoms with E-state index in [4.69, 9.17) is 4.74 Å².